The van der Waals surface area contributed by atoms with Crippen LogP contribution in [0, 0.1) is 6.92 Å². The van der Waals surface area contributed by atoms with Gasteiger partial charge in [-0.1, -0.05) is 35.4 Å². The first kappa shape index (κ1) is 20.3. The highest BCUT2D eigenvalue weighted by molar-refractivity contribution is 6.36. The molecule has 2 aliphatic rings. The number of amides is 1. The molecule has 2 aromatic carbocycles. The predicted octanol–water partition coefficient (Wildman–Crippen LogP) is 5.43. The zero-order chi connectivity index (χ0) is 21.5. The number of carbonyl (C=O) groups excluding carboxylic acids is 1. The lowest BCUT2D eigenvalue weighted by Crippen LogP contribution is -2.53. The van der Waals surface area contributed by atoms with E-state index in [2.05, 4.69) is 43.0 Å². The molecule has 1 aromatic heterocycles. The smallest absolute Gasteiger partial charge is 0.254 e. The molecule has 5 rings (SSSR count). The Hall–Kier alpha value is -2.59. The molecular formula is C26H28ClN3O. The number of hydrogen-bond donors (Lipinski definition) is 0. The van der Waals surface area contributed by atoms with Gasteiger partial charge in [-0.2, -0.15) is 0 Å². The van der Waals surface area contributed by atoms with Crippen LogP contribution in [-0.2, 0) is 12.8 Å². The van der Waals surface area contributed by atoms with Gasteiger partial charge in [0.1, 0.15) is 0 Å². The van der Waals surface area contributed by atoms with Crippen molar-refractivity contribution >= 4 is 34.1 Å². The summed E-state index contributed by atoms with van der Waals surface area (Å²) >= 11 is 6.70. The van der Waals surface area contributed by atoms with Crippen LogP contribution in [-0.4, -0.2) is 41.5 Å². The number of pyridine rings is 1. The summed E-state index contributed by atoms with van der Waals surface area (Å²) in [6.45, 7) is 6.55. The molecule has 1 aliphatic heterocycles. The van der Waals surface area contributed by atoms with Crippen molar-refractivity contribution in [2.24, 2.45) is 0 Å². The summed E-state index contributed by atoms with van der Waals surface area (Å²) in [7, 11) is 0. The largest absolute Gasteiger partial charge is 0.365 e. The second-order valence-electron chi connectivity index (χ2n) is 8.92. The number of benzene rings is 2. The highest BCUT2D eigenvalue weighted by Gasteiger charge is 2.28. The highest BCUT2D eigenvalue weighted by atomic mass is 35.5. The molecular weight excluding hydrogens is 406 g/mol. The molecule has 31 heavy (non-hydrogen) atoms. The van der Waals surface area contributed by atoms with Crippen LogP contribution < -0.4 is 4.90 Å². The number of fused-ring (bicyclic) bond motifs is 2. The summed E-state index contributed by atoms with van der Waals surface area (Å²) in [6, 6.07) is 14.7. The monoisotopic (exact) mass is 433 g/mol. The topological polar surface area (TPSA) is 36.4 Å². The quantitative estimate of drug-likeness (QED) is 0.541. The van der Waals surface area contributed by atoms with Crippen molar-refractivity contribution in [1.82, 2.24) is 9.88 Å². The molecule has 0 bridgehead atoms. The van der Waals surface area contributed by atoms with E-state index in [1.165, 1.54) is 23.2 Å². The van der Waals surface area contributed by atoms with Crippen LogP contribution >= 0.6 is 11.6 Å². The normalized spacial score (nSPS) is 18.9. The maximum absolute atomic E-state index is 13.3. The molecule has 0 spiro atoms. The Balaban J connectivity index is 1.37. The van der Waals surface area contributed by atoms with E-state index < -0.39 is 0 Å². The first-order chi connectivity index (χ1) is 15.0. The summed E-state index contributed by atoms with van der Waals surface area (Å²) < 4.78 is 0. The third-order valence-electron chi connectivity index (χ3n) is 6.72. The lowest BCUT2D eigenvalue weighted by Gasteiger charge is -2.41. The van der Waals surface area contributed by atoms with Crippen molar-refractivity contribution in [2.45, 2.75) is 45.6 Å². The molecule has 5 heteroatoms. The fraction of sp³-hybridized carbons (Fsp3) is 0.385. The lowest BCUT2D eigenvalue weighted by atomic mass is 9.94. The van der Waals surface area contributed by atoms with Gasteiger partial charge in [-0.05, 0) is 69.4 Å². The Morgan fingerprint density at radius 1 is 1.06 bits per heavy atom. The zero-order valence-electron chi connectivity index (χ0n) is 18.2. The fourth-order valence-corrected chi connectivity index (χ4v) is 5.31. The Morgan fingerprint density at radius 3 is 2.61 bits per heavy atom. The van der Waals surface area contributed by atoms with Crippen LogP contribution in [0.2, 0.25) is 5.02 Å². The summed E-state index contributed by atoms with van der Waals surface area (Å²) in [5, 5.41) is 1.77. The van der Waals surface area contributed by atoms with Gasteiger partial charge in [0.05, 0.1) is 10.5 Å². The van der Waals surface area contributed by atoms with Gasteiger partial charge >= 0.3 is 0 Å². The van der Waals surface area contributed by atoms with Gasteiger partial charge in [0.25, 0.3) is 5.91 Å². The van der Waals surface area contributed by atoms with E-state index in [0.29, 0.717) is 18.7 Å². The lowest BCUT2D eigenvalue weighted by molar-refractivity contribution is 0.0726. The van der Waals surface area contributed by atoms with Gasteiger partial charge in [-0.25, -0.2) is 0 Å². The van der Waals surface area contributed by atoms with E-state index in [9.17, 15) is 4.79 Å². The van der Waals surface area contributed by atoms with Crippen molar-refractivity contribution in [3.63, 3.8) is 0 Å². The number of rotatable bonds is 2. The van der Waals surface area contributed by atoms with Gasteiger partial charge in [-0.3, -0.25) is 9.78 Å². The number of piperazine rings is 1. The number of carbonyl (C=O) groups is 1. The van der Waals surface area contributed by atoms with Crippen molar-refractivity contribution in [2.75, 3.05) is 24.5 Å². The molecule has 2 heterocycles. The fourth-order valence-electron chi connectivity index (χ4n) is 4.94. The molecule has 0 radical (unpaired) electrons. The first-order valence-electron chi connectivity index (χ1n) is 11.2. The minimum absolute atomic E-state index is 0.0768. The Kier molecular flexibility index (Phi) is 5.35. The standard InChI is InChI=1S/C26H28ClN3O/c1-17-7-10-20(11-8-17)30-14-13-29(16-18(30)2)26(31)19-9-12-22-24(15-19)28-23-6-4-3-5-21(23)25(22)27/h7-12,15,18H,3-6,13-14,16H2,1-2H3/t18-/m0/s1. The SMILES string of the molecule is Cc1ccc(N2CCN(C(=O)c3ccc4c(Cl)c5c(nc4c3)CCCC5)C[C@@H]2C)cc1. The van der Waals surface area contributed by atoms with Crippen molar-refractivity contribution < 1.29 is 4.79 Å². The molecule has 0 N–H and O–H groups in total. The van der Waals surface area contributed by atoms with Crippen LogP contribution in [0.25, 0.3) is 10.9 Å². The minimum atomic E-state index is 0.0768. The maximum Gasteiger partial charge on any atom is 0.254 e. The average Bonchev–Trinajstić information content (AvgIpc) is 2.79. The Labute approximate surface area is 188 Å². The van der Waals surface area contributed by atoms with Crippen LogP contribution in [0.15, 0.2) is 42.5 Å². The number of hydrogen-bond acceptors (Lipinski definition) is 3. The third kappa shape index (κ3) is 3.78. The summed E-state index contributed by atoms with van der Waals surface area (Å²) in [5.74, 6) is 0.0768. The van der Waals surface area contributed by atoms with Crippen molar-refractivity contribution in [3.8, 4) is 0 Å². The summed E-state index contributed by atoms with van der Waals surface area (Å²) in [5.41, 5.74) is 6.32. The Morgan fingerprint density at radius 2 is 1.84 bits per heavy atom. The second-order valence-corrected chi connectivity index (χ2v) is 9.30. The molecule has 0 unspecified atom stereocenters. The van der Waals surface area contributed by atoms with Crippen molar-refractivity contribution in [3.05, 3.63) is 69.9 Å². The molecule has 1 amide bonds. The second kappa shape index (κ2) is 8.16. The number of aromatic nitrogens is 1. The summed E-state index contributed by atoms with van der Waals surface area (Å²) in [4.78, 5) is 22.5. The molecule has 0 saturated carbocycles. The highest BCUT2D eigenvalue weighted by Crippen LogP contribution is 2.33. The molecule has 1 saturated heterocycles. The average molecular weight is 434 g/mol. The number of aryl methyl sites for hydroxylation is 2. The van der Waals surface area contributed by atoms with E-state index in [1.807, 2.05) is 23.1 Å². The zero-order valence-corrected chi connectivity index (χ0v) is 19.0. The first-order valence-corrected chi connectivity index (χ1v) is 11.6. The number of anilines is 1. The van der Waals surface area contributed by atoms with Crippen LogP contribution in [0.4, 0.5) is 5.69 Å². The molecule has 3 aromatic rings. The van der Waals surface area contributed by atoms with Gasteiger partial charge < -0.3 is 9.80 Å². The van der Waals surface area contributed by atoms with Gasteiger partial charge in [0.2, 0.25) is 0 Å². The number of nitrogens with zero attached hydrogens (tertiary/aromatic N) is 3. The summed E-state index contributed by atoms with van der Waals surface area (Å²) in [6.07, 6.45) is 4.30. The van der Waals surface area contributed by atoms with E-state index in [1.54, 1.807) is 0 Å². The van der Waals surface area contributed by atoms with Crippen molar-refractivity contribution in [1.29, 1.82) is 0 Å². The van der Waals surface area contributed by atoms with E-state index in [-0.39, 0.29) is 11.9 Å². The predicted molar refractivity (Wildman–Crippen MR) is 127 cm³/mol. The Bertz CT molecular complexity index is 1140. The van der Waals surface area contributed by atoms with Crippen LogP contribution in [0.5, 0.6) is 0 Å². The van der Waals surface area contributed by atoms with Gasteiger partial charge in [0, 0.05) is 48.0 Å². The van der Waals surface area contributed by atoms with E-state index >= 15 is 0 Å². The molecule has 160 valence electrons. The van der Waals surface area contributed by atoms with Gasteiger partial charge in [-0.15, -0.1) is 0 Å². The van der Waals surface area contributed by atoms with E-state index in [0.717, 1.165) is 47.4 Å². The molecule has 4 nitrogen and oxygen atoms in total. The molecule has 1 fully saturated rings. The minimum Gasteiger partial charge on any atom is -0.365 e. The third-order valence-corrected chi connectivity index (χ3v) is 7.15. The van der Waals surface area contributed by atoms with E-state index in [4.69, 9.17) is 16.6 Å². The van der Waals surface area contributed by atoms with Crippen LogP contribution in [0.3, 0.4) is 0 Å². The maximum atomic E-state index is 13.3. The molecule has 1 aliphatic carbocycles. The van der Waals surface area contributed by atoms with Crippen LogP contribution in [0.1, 0.15) is 46.9 Å². The molecule has 1 atom stereocenters. The number of halogens is 1. The van der Waals surface area contributed by atoms with Gasteiger partial charge in [0.15, 0.2) is 0 Å².